The summed E-state index contributed by atoms with van der Waals surface area (Å²) in [6.07, 6.45) is 3.05. The van der Waals surface area contributed by atoms with Crippen LogP contribution in [0, 0.1) is 6.92 Å². The van der Waals surface area contributed by atoms with Crippen molar-refractivity contribution in [3.8, 4) is 11.5 Å². The largest absolute Gasteiger partial charge is 0.493 e. The number of aliphatic hydroxyl groups excluding tert-OH is 1. The molecular weight excluding hydrogens is 522 g/mol. The van der Waals surface area contributed by atoms with E-state index in [0.717, 1.165) is 47.1 Å². The minimum absolute atomic E-state index is 0.00358. The summed E-state index contributed by atoms with van der Waals surface area (Å²) in [6, 6.07) is 17.9. The number of hydrogen-bond acceptors (Lipinski definition) is 7. The zero-order valence-corrected chi connectivity index (χ0v) is 24.0. The number of nitrogens with zero attached hydrogens (tertiary/aromatic N) is 3. The maximum atomic E-state index is 11.8. The molecule has 1 atom stereocenters. The van der Waals surface area contributed by atoms with Gasteiger partial charge in [0.05, 0.1) is 39.4 Å². The van der Waals surface area contributed by atoms with Crippen LogP contribution < -0.4 is 9.47 Å². The van der Waals surface area contributed by atoms with Crippen molar-refractivity contribution in [2.75, 3.05) is 20.8 Å². The van der Waals surface area contributed by atoms with Crippen molar-refractivity contribution in [1.82, 2.24) is 15.0 Å². The first-order chi connectivity index (χ1) is 19.9. The molecule has 2 N–H and O–H groups in total. The van der Waals surface area contributed by atoms with Gasteiger partial charge in [-0.25, -0.2) is 4.68 Å². The van der Waals surface area contributed by atoms with Gasteiger partial charge in [0.2, 0.25) is 0 Å². The van der Waals surface area contributed by atoms with Crippen LogP contribution in [0.1, 0.15) is 59.4 Å². The molecule has 3 aromatic carbocycles. The third-order valence-corrected chi connectivity index (χ3v) is 7.43. The second kappa shape index (κ2) is 14.6. The highest BCUT2D eigenvalue weighted by molar-refractivity contribution is 5.80. The lowest BCUT2D eigenvalue weighted by Crippen LogP contribution is -2.10. The number of aromatic nitrogens is 3. The zero-order chi connectivity index (χ0) is 29.2. The highest BCUT2D eigenvalue weighted by Gasteiger charge is 2.21. The molecule has 1 aromatic heterocycles. The van der Waals surface area contributed by atoms with E-state index in [0.29, 0.717) is 43.1 Å². The van der Waals surface area contributed by atoms with E-state index < -0.39 is 5.97 Å². The van der Waals surface area contributed by atoms with Gasteiger partial charge in [0.1, 0.15) is 5.52 Å². The standard InChI is InChI=1S/C32H39N3O6/c1-22-27(25(19-30(37)38)12-11-24-17-26(20-36)32(40-3)29(18-24)39-2)13-14-28-31(22)33-34-35(28)15-7-8-16-41-21-23-9-5-4-6-10-23/h4-6,9-10,13-14,17-18,25,36H,7-8,11-12,15-16,19-21H2,1-3H3,(H,37,38). The summed E-state index contributed by atoms with van der Waals surface area (Å²) >= 11 is 0. The molecule has 1 unspecified atom stereocenters. The van der Waals surface area contributed by atoms with Crippen LogP contribution in [0.5, 0.6) is 11.5 Å². The van der Waals surface area contributed by atoms with Gasteiger partial charge in [-0.1, -0.05) is 41.6 Å². The van der Waals surface area contributed by atoms with E-state index in [-0.39, 0.29) is 18.9 Å². The molecular formula is C32H39N3O6. The molecule has 41 heavy (non-hydrogen) atoms. The van der Waals surface area contributed by atoms with Crippen molar-refractivity contribution in [2.24, 2.45) is 0 Å². The summed E-state index contributed by atoms with van der Waals surface area (Å²) in [5.74, 6) is -0.0174. The fraction of sp³-hybridized carbons (Fsp3) is 0.406. The second-order valence-corrected chi connectivity index (χ2v) is 10.2. The van der Waals surface area contributed by atoms with Crippen molar-refractivity contribution in [3.05, 3.63) is 82.4 Å². The Bertz CT molecular complexity index is 1410. The molecule has 4 rings (SSSR count). The second-order valence-electron chi connectivity index (χ2n) is 10.2. The van der Waals surface area contributed by atoms with E-state index in [1.54, 1.807) is 7.11 Å². The highest BCUT2D eigenvalue weighted by atomic mass is 16.5. The third-order valence-electron chi connectivity index (χ3n) is 7.43. The van der Waals surface area contributed by atoms with Crippen LogP contribution in [0.15, 0.2) is 54.6 Å². The molecule has 0 aliphatic heterocycles. The Labute approximate surface area is 240 Å². The van der Waals surface area contributed by atoms with Gasteiger partial charge >= 0.3 is 5.97 Å². The molecule has 0 aliphatic rings. The fourth-order valence-electron chi connectivity index (χ4n) is 5.31. The summed E-state index contributed by atoms with van der Waals surface area (Å²) < 4.78 is 18.6. The van der Waals surface area contributed by atoms with Crippen LogP contribution in [0.2, 0.25) is 0 Å². The summed E-state index contributed by atoms with van der Waals surface area (Å²) in [7, 11) is 3.10. The Morgan fingerprint density at radius 1 is 1.02 bits per heavy atom. The molecule has 218 valence electrons. The van der Waals surface area contributed by atoms with E-state index in [2.05, 4.69) is 22.4 Å². The lowest BCUT2D eigenvalue weighted by molar-refractivity contribution is -0.137. The molecule has 9 nitrogen and oxygen atoms in total. The molecule has 0 bridgehead atoms. The van der Waals surface area contributed by atoms with Crippen molar-refractivity contribution >= 4 is 17.0 Å². The topological polar surface area (TPSA) is 116 Å². The SMILES string of the molecule is COc1cc(CCC(CC(=O)O)c2ccc3c(nnn3CCCCOCc3ccccc3)c2C)cc(CO)c1OC. The van der Waals surface area contributed by atoms with Crippen LogP contribution in [0.25, 0.3) is 11.0 Å². The average molecular weight is 562 g/mol. The van der Waals surface area contributed by atoms with Crippen LogP contribution in [-0.2, 0) is 35.7 Å². The molecule has 0 radical (unpaired) electrons. The number of aliphatic carboxylic acids is 1. The van der Waals surface area contributed by atoms with Gasteiger partial charge in [-0.15, -0.1) is 5.10 Å². The van der Waals surface area contributed by atoms with Crippen molar-refractivity contribution in [1.29, 1.82) is 0 Å². The maximum Gasteiger partial charge on any atom is 0.303 e. The summed E-state index contributed by atoms with van der Waals surface area (Å²) in [5, 5.41) is 28.3. The van der Waals surface area contributed by atoms with Crippen LogP contribution in [0.3, 0.4) is 0 Å². The smallest absolute Gasteiger partial charge is 0.303 e. The first-order valence-electron chi connectivity index (χ1n) is 14.0. The summed E-state index contributed by atoms with van der Waals surface area (Å²) in [5.41, 5.74) is 6.40. The lowest BCUT2D eigenvalue weighted by Gasteiger charge is -2.19. The molecule has 9 heteroatoms. The Hall–Kier alpha value is -3.95. The third kappa shape index (κ3) is 7.62. The number of hydrogen-bond donors (Lipinski definition) is 2. The predicted molar refractivity (Wildman–Crippen MR) is 156 cm³/mol. The number of carboxylic acids is 1. The van der Waals surface area contributed by atoms with E-state index in [1.165, 1.54) is 12.7 Å². The molecule has 0 aliphatic carbocycles. The first kappa shape index (κ1) is 30.0. The molecule has 1 heterocycles. The van der Waals surface area contributed by atoms with E-state index >= 15 is 0 Å². The Kier molecular flexibility index (Phi) is 10.7. The van der Waals surface area contributed by atoms with Gasteiger partial charge in [0.25, 0.3) is 0 Å². The maximum absolute atomic E-state index is 11.8. The number of carboxylic acid groups (broad SMARTS) is 1. The van der Waals surface area contributed by atoms with Crippen LogP contribution in [0.4, 0.5) is 0 Å². The minimum atomic E-state index is -0.851. The van der Waals surface area contributed by atoms with E-state index in [4.69, 9.17) is 14.2 Å². The Morgan fingerprint density at radius 3 is 2.54 bits per heavy atom. The average Bonchev–Trinajstić information content (AvgIpc) is 3.40. The summed E-state index contributed by atoms with van der Waals surface area (Å²) in [6.45, 7) is 3.83. The van der Waals surface area contributed by atoms with Gasteiger partial charge in [0.15, 0.2) is 11.5 Å². The van der Waals surface area contributed by atoms with E-state index in [9.17, 15) is 15.0 Å². The van der Waals surface area contributed by atoms with Crippen LogP contribution >= 0.6 is 0 Å². The van der Waals surface area contributed by atoms with Crippen molar-refractivity contribution in [2.45, 2.75) is 64.7 Å². The van der Waals surface area contributed by atoms with Gasteiger partial charge in [-0.05, 0) is 79.0 Å². The molecule has 0 fully saturated rings. The van der Waals surface area contributed by atoms with Gasteiger partial charge in [-0.2, -0.15) is 0 Å². The highest BCUT2D eigenvalue weighted by Crippen LogP contribution is 2.35. The van der Waals surface area contributed by atoms with Gasteiger partial charge in [0, 0.05) is 18.7 Å². The predicted octanol–water partition coefficient (Wildman–Crippen LogP) is 5.44. The Morgan fingerprint density at radius 2 is 1.83 bits per heavy atom. The van der Waals surface area contributed by atoms with E-state index in [1.807, 2.05) is 54.1 Å². The monoisotopic (exact) mass is 561 g/mol. The number of aryl methyl sites for hydroxylation is 3. The minimum Gasteiger partial charge on any atom is -0.493 e. The summed E-state index contributed by atoms with van der Waals surface area (Å²) in [4.78, 5) is 11.8. The fourth-order valence-corrected chi connectivity index (χ4v) is 5.31. The normalized spacial score (nSPS) is 12.0. The number of fused-ring (bicyclic) bond motifs is 1. The molecule has 0 saturated carbocycles. The van der Waals surface area contributed by atoms with Gasteiger partial charge < -0.3 is 24.4 Å². The van der Waals surface area contributed by atoms with Crippen LogP contribution in [-0.4, -0.2) is 52.0 Å². The molecule has 0 amide bonds. The number of methoxy groups -OCH3 is 2. The Balaban J connectivity index is 1.42. The lowest BCUT2D eigenvalue weighted by atomic mass is 9.86. The quantitative estimate of drug-likeness (QED) is 0.174. The number of benzene rings is 3. The number of rotatable bonds is 16. The number of carbonyl (C=O) groups is 1. The number of aliphatic hydroxyl groups is 1. The van der Waals surface area contributed by atoms with Crippen molar-refractivity contribution < 1.29 is 29.2 Å². The molecule has 0 saturated heterocycles. The molecule has 0 spiro atoms. The van der Waals surface area contributed by atoms with Crippen molar-refractivity contribution in [3.63, 3.8) is 0 Å². The van der Waals surface area contributed by atoms with Gasteiger partial charge in [-0.3, -0.25) is 4.79 Å². The first-order valence-corrected chi connectivity index (χ1v) is 14.0. The molecule has 4 aromatic rings. The number of ether oxygens (including phenoxy) is 3. The zero-order valence-electron chi connectivity index (χ0n) is 24.0. The number of unbranched alkanes of at least 4 members (excludes halogenated alkanes) is 1.